The lowest BCUT2D eigenvalue weighted by Crippen LogP contribution is -2.33. The van der Waals surface area contributed by atoms with Crippen LogP contribution in [0.4, 0.5) is 0 Å². The molecule has 1 atom stereocenters. The quantitative estimate of drug-likeness (QED) is 0.621. The van der Waals surface area contributed by atoms with Crippen LogP contribution in [0.1, 0.15) is 43.7 Å². The minimum atomic E-state index is -0.101. The van der Waals surface area contributed by atoms with Crippen LogP contribution < -0.4 is 5.56 Å². The number of hydrogen-bond acceptors (Lipinski definition) is 6. The number of nitrogens with one attached hydrogen (secondary N) is 1. The molecule has 4 rings (SSSR count). The fraction of sp³-hybridized carbons (Fsp3) is 0.450. The summed E-state index contributed by atoms with van der Waals surface area (Å²) in [7, 11) is 0. The molecular formula is C20H23N3O2S3. The molecule has 1 fully saturated rings. The first-order chi connectivity index (χ1) is 13.6. The maximum atomic E-state index is 12.7. The number of hydrogen-bond donors (Lipinski definition) is 1. The van der Waals surface area contributed by atoms with Crippen LogP contribution >= 0.6 is 34.4 Å². The number of rotatable bonds is 5. The number of carbonyl (C=O) groups is 1. The number of thiophene rings is 2. The highest BCUT2D eigenvalue weighted by Gasteiger charge is 2.20. The minimum absolute atomic E-state index is 0.0414. The number of fused-ring (bicyclic) bond motifs is 1. The van der Waals surface area contributed by atoms with Crippen molar-refractivity contribution in [3.63, 3.8) is 0 Å². The Bertz CT molecular complexity index is 1000. The first-order valence-electron chi connectivity index (χ1n) is 9.58. The molecule has 1 amide bonds. The van der Waals surface area contributed by atoms with Crippen molar-refractivity contribution < 1.29 is 4.79 Å². The Kier molecular flexibility index (Phi) is 6.18. The van der Waals surface area contributed by atoms with Gasteiger partial charge in [-0.3, -0.25) is 9.59 Å². The Morgan fingerprint density at radius 2 is 2.07 bits per heavy atom. The molecule has 4 heterocycles. The summed E-state index contributed by atoms with van der Waals surface area (Å²) in [6.45, 7) is 3.74. The maximum absolute atomic E-state index is 12.7. The van der Waals surface area contributed by atoms with Gasteiger partial charge in [0.1, 0.15) is 10.7 Å². The third-order valence-corrected chi connectivity index (χ3v) is 7.96. The second kappa shape index (κ2) is 8.80. The van der Waals surface area contributed by atoms with Gasteiger partial charge in [0, 0.05) is 28.9 Å². The fourth-order valence-corrected chi connectivity index (χ4v) is 6.07. The Hall–Kier alpha value is -1.64. The van der Waals surface area contributed by atoms with Crippen LogP contribution in [0.15, 0.2) is 27.7 Å². The van der Waals surface area contributed by atoms with Gasteiger partial charge in [-0.2, -0.15) is 0 Å². The SMILES string of the molecule is C[C@H](SCC(=O)N1CCCCCC1)c1nc2scc(-c3cccs3)c2c(=O)[nH]1. The van der Waals surface area contributed by atoms with E-state index in [1.54, 1.807) is 23.1 Å². The number of carbonyl (C=O) groups excluding carboxylic acids is 1. The Labute approximate surface area is 176 Å². The molecule has 28 heavy (non-hydrogen) atoms. The van der Waals surface area contributed by atoms with E-state index < -0.39 is 0 Å². The minimum Gasteiger partial charge on any atom is -0.342 e. The lowest BCUT2D eigenvalue weighted by molar-refractivity contribution is -0.128. The summed E-state index contributed by atoms with van der Waals surface area (Å²) in [5, 5.41) is 4.63. The molecular weight excluding hydrogens is 410 g/mol. The fourth-order valence-electron chi connectivity index (χ4n) is 3.46. The molecule has 0 radical (unpaired) electrons. The molecule has 1 saturated heterocycles. The van der Waals surface area contributed by atoms with Gasteiger partial charge in [-0.1, -0.05) is 18.9 Å². The van der Waals surface area contributed by atoms with Gasteiger partial charge in [0.25, 0.3) is 5.56 Å². The average Bonchev–Trinajstić information content (AvgIpc) is 3.29. The van der Waals surface area contributed by atoms with Crippen molar-refractivity contribution in [3.05, 3.63) is 39.1 Å². The molecule has 0 aliphatic carbocycles. The molecule has 8 heteroatoms. The molecule has 0 unspecified atom stereocenters. The Morgan fingerprint density at radius 3 is 2.79 bits per heavy atom. The Morgan fingerprint density at radius 1 is 1.29 bits per heavy atom. The van der Waals surface area contributed by atoms with Gasteiger partial charge < -0.3 is 9.88 Å². The predicted molar refractivity (Wildman–Crippen MR) is 119 cm³/mol. The number of aromatic nitrogens is 2. The van der Waals surface area contributed by atoms with Crippen LogP contribution in [0.25, 0.3) is 20.7 Å². The molecule has 0 saturated carbocycles. The smallest absolute Gasteiger partial charge is 0.260 e. The van der Waals surface area contributed by atoms with Crippen molar-refractivity contribution in [2.75, 3.05) is 18.8 Å². The summed E-state index contributed by atoms with van der Waals surface area (Å²) in [6.07, 6.45) is 4.63. The van der Waals surface area contributed by atoms with Gasteiger partial charge >= 0.3 is 0 Å². The van der Waals surface area contributed by atoms with E-state index in [4.69, 9.17) is 4.98 Å². The van der Waals surface area contributed by atoms with E-state index >= 15 is 0 Å². The zero-order chi connectivity index (χ0) is 19.5. The topological polar surface area (TPSA) is 66.1 Å². The summed E-state index contributed by atoms with van der Waals surface area (Å²) >= 11 is 4.66. The summed E-state index contributed by atoms with van der Waals surface area (Å²) in [6, 6.07) is 4.01. The van der Waals surface area contributed by atoms with Crippen molar-refractivity contribution in [2.24, 2.45) is 0 Å². The first kappa shape index (κ1) is 19.7. The second-order valence-corrected chi connectivity index (χ2v) is 10.1. The molecule has 0 spiro atoms. The number of thioether (sulfide) groups is 1. The van der Waals surface area contributed by atoms with E-state index in [-0.39, 0.29) is 16.7 Å². The molecule has 1 N–H and O–H groups in total. The highest BCUT2D eigenvalue weighted by atomic mass is 32.2. The van der Waals surface area contributed by atoms with Crippen molar-refractivity contribution in [2.45, 2.75) is 37.9 Å². The van der Waals surface area contributed by atoms with Crippen LogP contribution in [0.2, 0.25) is 0 Å². The van der Waals surface area contributed by atoms with Crippen molar-refractivity contribution >= 4 is 50.6 Å². The van der Waals surface area contributed by atoms with Crippen LogP contribution in [0.3, 0.4) is 0 Å². The zero-order valence-corrected chi connectivity index (χ0v) is 18.2. The summed E-state index contributed by atoms with van der Waals surface area (Å²) < 4.78 is 0. The van der Waals surface area contributed by atoms with Gasteiger partial charge in [0.05, 0.1) is 16.4 Å². The lowest BCUT2D eigenvalue weighted by atomic mass is 10.2. The molecule has 1 aliphatic rings. The molecule has 148 valence electrons. The second-order valence-electron chi connectivity index (χ2n) is 7.01. The predicted octanol–water partition coefficient (Wildman–Crippen LogP) is 4.91. The van der Waals surface area contributed by atoms with Gasteiger partial charge in [0.2, 0.25) is 5.91 Å². The summed E-state index contributed by atoms with van der Waals surface area (Å²) in [4.78, 5) is 36.7. The zero-order valence-electron chi connectivity index (χ0n) is 15.8. The number of likely N-dealkylation sites (tertiary alicyclic amines) is 1. The molecule has 5 nitrogen and oxygen atoms in total. The van der Waals surface area contributed by atoms with Gasteiger partial charge in [0.15, 0.2) is 0 Å². The van der Waals surface area contributed by atoms with E-state index in [2.05, 4.69) is 4.98 Å². The highest BCUT2D eigenvalue weighted by Crippen LogP contribution is 2.34. The molecule has 3 aromatic heterocycles. The van der Waals surface area contributed by atoms with Crippen molar-refractivity contribution in [3.8, 4) is 10.4 Å². The maximum Gasteiger partial charge on any atom is 0.260 e. The Balaban J connectivity index is 1.48. The van der Waals surface area contributed by atoms with Crippen molar-refractivity contribution in [1.82, 2.24) is 14.9 Å². The van der Waals surface area contributed by atoms with E-state index in [1.807, 2.05) is 34.7 Å². The lowest BCUT2D eigenvalue weighted by Gasteiger charge is -2.21. The van der Waals surface area contributed by atoms with Crippen LogP contribution in [-0.2, 0) is 4.79 Å². The molecule has 0 bridgehead atoms. The normalized spacial score (nSPS) is 16.2. The number of nitrogens with zero attached hydrogens (tertiary/aromatic N) is 2. The van der Waals surface area contributed by atoms with Gasteiger partial charge in [-0.15, -0.1) is 34.4 Å². The number of amides is 1. The number of aromatic amines is 1. The van der Waals surface area contributed by atoms with E-state index in [9.17, 15) is 9.59 Å². The first-order valence-corrected chi connectivity index (χ1v) is 12.4. The summed E-state index contributed by atoms with van der Waals surface area (Å²) in [5.74, 6) is 1.26. The molecule has 3 aromatic rings. The van der Waals surface area contributed by atoms with Crippen LogP contribution in [-0.4, -0.2) is 39.6 Å². The monoisotopic (exact) mass is 433 g/mol. The molecule has 1 aliphatic heterocycles. The number of H-pyrrole nitrogens is 1. The highest BCUT2D eigenvalue weighted by molar-refractivity contribution is 8.00. The molecule has 0 aromatic carbocycles. The van der Waals surface area contributed by atoms with Gasteiger partial charge in [-0.25, -0.2) is 4.98 Å². The van der Waals surface area contributed by atoms with Crippen LogP contribution in [0, 0.1) is 0 Å². The standard InChI is InChI=1S/C20H23N3O2S3/c1-13(27-12-16(24)23-8-4-2-3-5-9-23)18-21-19(25)17-14(11-28-20(17)22-18)15-7-6-10-26-15/h6-7,10-11,13H,2-5,8-9,12H2,1H3,(H,21,22,25)/t13-/m0/s1. The van der Waals surface area contributed by atoms with Crippen molar-refractivity contribution in [1.29, 1.82) is 0 Å². The average molecular weight is 434 g/mol. The van der Waals surface area contributed by atoms with E-state index in [1.165, 1.54) is 24.2 Å². The third-order valence-electron chi connectivity index (χ3n) is 5.05. The van der Waals surface area contributed by atoms with Gasteiger partial charge in [-0.05, 0) is 31.2 Å². The van der Waals surface area contributed by atoms with Crippen LogP contribution in [0.5, 0.6) is 0 Å². The third kappa shape index (κ3) is 4.18. The summed E-state index contributed by atoms with van der Waals surface area (Å²) in [5.41, 5.74) is 0.850. The van der Waals surface area contributed by atoms with E-state index in [0.717, 1.165) is 41.2 Å². The van der Waals surface area contributed by atoms with E-state index in [0.29, 0.717) is 17.0 Å². The largest absolute Gasteiger partial charge is 0.342 e.